The van der Waals surface area contributed by atoms with E-state index in [2.05, 4.69) is 56.5 Å². The van der Waals surface area contributed by atoms with E-state index >= 15 is 0 Å². The van der Waals surface area contributed by atoms with Gasteiger partial charge >= 0.3 is 6.03 Å². The highest BCUT2D eigenvalue weighted by atomic mass is 16.2. The summed E-state index contributed by atoms with van der Waals surface area (Å²) in [4.78, 5) is 12.5. The molecular formula is C24H36N2O. The van der Waals surface area contributed by atoms with E-state index in [9.17, 15) is 4.79 Å². The first-order chi connectivity index (χ1) is 12.8. The number of hydrogen-bond acceptors (Lipinski definition) is 1. The fourth-order valence-electron chi connectivity index (χ4n) is 5.06. The standard InChI is InChI=1S/C24H36N2O/c1-18(2)21-11-10-19(3)24(16-21)14-13-23(4,17-24)26-22(27)25-15-12-20-8-6-5-7-9-20/h5-9,16,18-19H,10-15,17H2,1-4H3,(H2,25,26,27)/t19-,23-,24-/m0/s1. The Hall–Kier alpha value is -1.77. The van der Waals surface area contributed by atoms with Crippen molar-refractivity contribution in [2.75, 3.05) is 6.54 Å². The first-order valence-corrected chi connectivity index (χ1v) is 10.6. The van der Waals surface area contributed by atoms with Crippen LogP contribution in [0, 0.1) is 17.3 Å². The Morgan fingerprint density at radius 2 is 1.96 bits per heavy atom. The molecule has 1 fully saturated rings. The van der Waals surface area contributed by atoms with Crippen molar-refractivity contribution in [3.05, 3.63) is 47.5 Å². The van der Waals surface area contributed by atoms with Gasteiger partial charge in [-0.25, -0.2) is 4.79 Å². The van der Waals surface area contributed by atoms with Crippen LogP contribution >= 0.6 is 0 Å². The summed E-state index contributed by atoms with van der Waals surface area (Å²) >= 11 is 0. The maximum atomic E-state index is 12.5. The van der Waals surface area contributed by atoms with Crippen LogP contribution in [0.3, 0.4) is 0 Å². The highest BCUT2D eigenvalue weighted by molar-refractivity contribution is 5.74. The van der Waals surface area contributed by atoms with Crippen LogP contribution in [-0.4, -0.2) is 18.1 Å². The summed E-state index contributed by atoms with van der Waals surface area (Å²) in [5, 5.41) is 6.35. The number of carbonyl (C=O) groups is 1. The Morgan fingerprint density at radius 3 is 2.67 bits per heavy atom. The van der Waals surface area contributed by atoms with E-state index in [4.69, 9.17) is 0 Å². The highest BCUT2D eigenvalue weighted by Gasteiger charge is 2.49. The van der Waals surface area contributed by atoms with Gasteiger partial charge < -0.3 is 10.6 Å². The SMILES string of the molecule is CC(C)C1=C[C@]2(CC[C@](C)(NC(=O)NCCc3ccccc3)C2)[C@@H](C)CC1. The summed E-state index contributed by atoms with van der Waals surface area (Å²) in [7, 11) is 0. The molecule has 2 aliphatic rings. The topological polar surface area (TPSA) is 41.1 Å². The monoisotopic (exact) mass is 368 g/mol. The smallest absolute Gasteiger partial charge is 0.315 e. The second-order valence-corrected chi connectivity index (χ2v) is 9.40. The minimum Gasteiger partial charge on any atom is -0.338 e. The number of urea groups is 1. The fraction of sp³-hybridized carbons (Fsp3) is 0.625. The third-order valence-electron chi connectivity index (χ3n) is 6.88. The molecule has 2 N–H and O–H groups in total. The largest absolute Gasteiger partial charge is 0.338 e. The molecule has 1 saturated carbocycles. The molecule has 0 unspecified atom stereocenters. The molecule has 0 saturated heterocycles. The Bertz CT molecular complexity index is 681. The molecule has 27 heavy (non-hydrogen) atoms. The van der Waals surface area contributed by atoms with Crippen LogP contribution in [0.2, 0.25) is 0 Å². The van der Waals surface area contributed by atoms with E-state index in [1.165, 1.54) is 24.8 Å². The van der Waals surface area contributed by atoms with Gasteiger partial charge in [0.25, 0.3) is 0 Å². The number of benzene rings is 1. The molecule has 3 rings (SSSR count). The minimum absolute atomic E-state index is 0.0259. The number of rotatable bonds is 5. The normalized spacial score (nSPS) is 30.4. The third-order valence-corrected chi connectivity index (χ3v) is 6.88. The van der Waals surface area contributed by atoms with Crippen LogP contribution in [0.4, 0.5) is 4.79 Å². The number of carbonyl (C=O) groups excluding carboxylic acids is 1. The Labute approximate surface area is 165 Å². The van der Waals surface area contributed by atoms with Gasteiger partial charge in [-0.05, 0) is 68.3 Å². The second-order valence-electron chi connectivity index (χ2n) is 9.40. The van der Waals surface area contributed by atoms with Crippen molar-refractivity contribution in [1.82, 2.24) is 10.6 Å². The van der Waals surface area contributed by atoms with Gasteiger partial charge in [0.15, 0.2) is 0 Å². The molecule has 0 bridgehead atoms. The van der Waals surface area contributed by atoms with Gasteiger partial charge in [-0.15, -0.1) is 0 Å². The van der Waals surface area contributed by atoms with Crippen LogP contribution in [0.15, 0.2) is 42.0 Å². The van der Waals surface area contributed by atoms with Crippen LogP contribution in [0.1, 0.15) is 65.4 Å². The van der Waals surface area contributed by atoms with Crippen molar-refractivity contribution in [1.29, 1.82) is 0 Å². The summed E-state index contributed by atoms with van der Waals surface area (Å²) in [6, 6.07) is 10.3. The average Bonchev–Trinajstić information content (AvgIpc) is 2.95. The van der Waals surface area contributed by atoms with Gasteiger partial charge in [-0.1, -0.05) is 62.8 Å². The van der Waals surface area contributed by atoms with Crippen molar-refractivity contribution in [3.63, 3.8) is 0 Å². The molecule has 3 heteroatoms. The van der Waals surface area contributed by atoms with Crippen LogP contribution in [0.5, 0.6) is 0 Å². The lowest BCUT2D eigenvalue weighted by atomic mass is 9.66. The molecule has 0 aromatic heterocycles. The predicted molar refractivity (Wildman–Crippen MR) is 113 cm³/mol. The molecule has 3 nitrogen and oxygen atoms in total. The van der Waals surface area contributed by atoms with Crippen molar-refractivity contribution < 1.29 is 4.79 Å². The average molecular weight is 369 g/mol. The maximum Gasteiger partial charge on any atom is 0.315 e. The van der Waals surface area contributed by atoms with Gasteiger partial charge in [0, 0.05) is 12.1 Å². The lowest BCUT2D eigenvalue weighted by molar-refractivity contribution is 0.195. The fourth-order valence-corrected chi connectivity index (χ4v) is 5.06. The van der Waals surface area contributed by atoms with Gasteiger partial charge in [-0.3, -0.25) is 0 Å². The summed E-state index contributed by atoms with van der Waals surface area (Å²) in [5.74, 6) is 1.33. The summed E-state index contributed by atoms with van der Waals surface area (Å²) in [5.41, 5.74) is 3.03. The van der Waals surface area contributed by atoms with E-state index in [1.807, 2.05) is 18.2 Å². The van der Waals surface area contributed by atoms with Crippen molar-refractivity contribution in [2.45, 2.75) is 71.8 Å². The van der Waals surface area contributed by atoms with E-state index in [0.717, 1.165) is 19.3 Å². The summed E-state index contributed by atoms with van der Waals surface area (Å²) < 4.78 is 0. The van der Waals surface area contributed by atoms with Crippen LogP contribution in [0.25, 0.3) is 0 Å². The number of nitrogens with one attached hydrogen (secondary N) is 2. The van der Waals surface area contributed by atoms with E-state index in [1.54, 1.807) is 5.57 Å². The van der Waals surface area contributed by atoms with E-state index in [0.29, 0.717) is 18.4 Å². The molecule has 0 aliphatic heterocycles. The molecule has 1 aromatic rings. The third kappa shape index (κ3) is 4.75. The molecule has 1 spiro atoms. The zero-order valence-electron chi connectivity index (χ0n) is 17.5. The predicted octanol–water partition coefficient (Wildman–Crippen LogP) is 5.47. The molecule has 148 valence electrons. The quantitative estimate of drug-likeness (QED) is 0.665. The Morgan fingerprint density at radius 1 is 1.22 bits per heavy atom. The zero-order valence-corrected chi connectivity index (χ0v) is 17.5. The van der Waals surface area contributed by atoms with Crippen molar-refractivity contribution in [3.8, 4) is 0 Å². The number of amides is 2. The lowest BCUT2D eigenvalue weighted by Gasteiger charge is -2.40. The lowest BCUT2D eigenvalue weighted by Crippen LogP contribution is -2.50. The maximum absolute atomic E-state index is 12.5. The Balaban J connectivity index is 1.56. The van der Waals surface area contributed by atoms with Crippen LogP contribution < -0.4 is 10.6 Å². The molecule has 1 aromatic carbocycles. The van der Waals surface area contributed by atoms with Gasteiger partial charge in [0.05, 0.1) is 0 Å². The van der Waals surface area contributed by atoms with Crippen molar-refractivity contribution in [2.24, 2.45) is 17.3 Å². The zero-order chi connectivity index (χ0) is 19.5. The molecule has 0 radical (unpaired) electrons. The molecule has 2 aliphatic carbocycles. The van der Waals surface area contributed by atoms with Gasteiger partial charge in [0.1, 0.15) is 0 Å². The van der Waals surface area contributed by atoms with Crippen LogP contribution in [-0.2, 0) is 6.42 Å². The minimum atomic E-state index is -0.110. The van der Waals surface area contributed by atoms with E-state index in [-0.39, 0.29) is 17.0 Å². The number of hydrogen-bond donors (Lipinski definition) is 2. The summed E-state index contributed by atoms with van der Waals surface area (Å²) in [6.07, 6.45) is 9.28. The van der Waals surface area contributed by atoms with Gasteiger partial charge in [0.2, 0.25) is 0 Å². The molecule has 2 amide bonds. The number of allylic oxidation sites excluding steroid dienone is 2. The van der Waals surface area contributed by atoms with Gasteiger partial charge in [-0.2, -0.15) is 0 Å². The second kappa shape index (κ2) is 8.08. The summed E-state index contributed by atoms with van der Waals surface area (Å²) in [6.45, 7) is 9.91. The first-order valence-electron chi connectivity index (χ1n) is 10.6. The molecular weight excluding hydrogens is 332 g/mol. The highest BCUT2D eigenvalue weighted by Crippen LogP contribution is 2.54. The molecule has 0 heterocycles. The Kier molecular flexibility index (Phi) is 5.98. The first kappa shape index (κ1) is 20.0. The van der Waals surface area contributed by atoms with E-state index < -0.39 is 0 Å². The molecule has 3 atom stereocenters. The van der Waals surface area contributed by atoms with Crippen molar-refractivity contribution >= 4 is 6.03 Å².